The van der Waals surface area contributed by atoms with E-state index < -0.39 is 5.60 Å². The van der Waals surface area contributed by atoms with Gasteiger partial charge in [-0.25, -0.2) is 0 Å². The molecule has 0 fully saturated rings. The van der Waals surface area contributed by atoms with Crippen molar-refractivity contribution >= 4 is 23.2 Å². The maximum Gasteiger partial charge on any atom is 0.267 e. The summed E-state index contributed by atoms with van der Waals surface area (Å²) in [5, 5.41) is 3.53. The van der Waals surface area contributed by atoms with Crippen LogP contribution in [0.2, 0.25) is 5.02 Å². The van der Waals surface area contributed by atoms with Gasteiger partial charge in [0, 0.05) is 10.7 Å². The zero-order valence-electron chi connectivity index (χ0n) is 13.2. The lowest BCUT2D eigenvalue weighted by atomic mass is 10.1. The highest BCUT2D eigenvalue weighted by molar-refractivity contribution is 6.30. The van der Waals surface area contributed by atoms with Crippen molar-refractivity contribution in [2.75, 3.05) is 5.32 Å². The van der Waals surface area contributed by atoms with Crippen LogP contribution in [0.5, 0.6) is 5.75 Å². The van der Waals surface area contributed by atoms with Gasteiger partial charge in [-0.2, -0.15) is 0 Å². The van der Waals surface area contributed by atoms with Crippen molar-refractivity contribution in [2.24, 2.45) is 0 Å². The number of carbonyl (C=O) groups is 1. The zero-order valence-corrected chi connectivity index (χ0v) is 14.0. The van der Waals surface area contributed by atoms with Gasteiger partial charge in [-0.1, -0.05) is 17.7 Å². The molecule has 0 atom stereocenters. The van der Waals surface area contributed by atoms with Crippen molar-refractivity contribution in [3.63, 3.8) is 0 Å². The molecule has 1 N–H and O–H groups in total. The largest absolute Gasteiger partial charge is 0.478 e. The van der Waals surface area contributed by atoms with Crippen LogP contribution in [0.25, 0.3) is 0 Å². The Hall–Kier alpha value is -2.00. The third kappa shape index (κ3) is 4.25. The molecule has 0 unspecified atom stereocenters. The molecule has 0 aromatic heterocycles. The van der Waals surface area contributed by atoms with Gasteiger partial charge in [-0.15, -0.1) is 0 Å². The van der Waals surface area contributed by atoms with Crippen LogP contribution in [0, 0.1) is 13.8 Å². The molecule has 2 rings (SSSR count). The van der Waals surface area contributed by atoms with Gasteiger partial charge in [-0.3, -0.25) is 4.79 Å². The molecule has 0 spiro atoms. The Bertz CT molecular complexity index is 658. The quantitative estimate of drug-likeness (QED) is 0.883. The summed E-state index contributed by atoms with van der Waals surface area (Å²) in [4.78, 5) is 12.5. The summed E-state index contributed by atoms with van der Waals surface area (Å²) in [6, 6.07) is 12.9. The van der Waals surface area contributed by atoms with Crippen LogP contribution in [0.4, 0.5) is 5.69 Å². The van der Waals surface area contributed by atoms with E-state index in [1.807, 2.05) is 26.0 Å². The molecule has 2 aromatic rings. The molecule has 3 nitrogen and oxygen atoms in total. The van der Waals surface area contributed by atoms with E-state index in [1.54, 1.807) is 38.1 Å². The van der Waals surface area contributed by atoms with Gasteiger partial charge < -0.3 is 10.1 Å². The van der Waals surface area contributed by atoms with Gasteiger partial charge in [0.05, 0.1) is 0 Å². The van der Waals surface area contributed by atoms with E-state index in [0.29, 0.717) is 10.8 Å². The molecule has 4 heteroatoms. The molecule has 0 heterocycles. The van der Waals surface area contributed by atoms with Gasteiger partial charge >= 0.3 is 0 Å². The lowest BCUT2D eigenvalue weighted by Gasteiger charge is -2.25. The Balaban J connectivity index is 2.11. The SMILES string of the molecule is Cc1cc(C)cc(NC(=O)C(C)(C)Oc2ccc(Cl)cc2)c1. The summed E-state index contributed by atoms with van der Waals surface area (Å²) < 4.78 is 5.78. The molecule has 0 aliphatic heterocycles. The van der Waals surface area contributed by atoms with Crippen molar-refractivity contribution in [1.82, 2.24) is 0 Å². The number of nitrogens with one attached hydrogen (secondary N) is 1. The van der Waals surface area contributed by atoms with Crippen molar-refractivity contribution < 1.29 is 9.53 Å². The number of amides is 1. The normalized spacial score (nSPS) is 11.1. The van der Waals surface area contributed by atoms with E-state index in [2.05, 4.69) is 11.4 Å². The fourth-order valence-electron chi connectivity index (χ4n) is 2.17. The van der Waals surface area contributed by atoms with E-state index in [-0.39, 0.29) is 5.91 Å². The maximum absolute atomic E-state index is 12.5. The molecule has 22 heavy (non-hydrogen) atoms. The van der Waals surface area contributed by atoms with Gasteiger partial charge in [0.1, 0.15) is 5.75 Å². The topological polar surface area (TPSA) is 38.3 Å². The molecule has 2 aromatic carbocycles. The van der Waals surface area contributed by atoms with Crippen LogP contribution in [-0.4, -0.2) is 11.5 Å². The van der Waals surface area contributed by atoms with Crippen LogP contribution in [0.1, 0.15) is 25.0 Å². The predicted molar refractivity (Wildman–Crippen MR) is 90.7 cm³/mol. The molecule has 1 amide bonds. The first-order valence-electron chi connectivity index (χ1n) is 7.10. The van der Waals surface area contributed by atoms with Crippen LogP contribution in [-0.2, 0) is 4.79 Å². The Morgan fingerprint density at radius 2 is 1.59 bits per heavy atom. The molecular weight excluding hydrogens is 298 g/mol. The number of ether oxygens (including phenoxy) is 1. The van der Waals surface area contributed by atoms with E-state index in [9.17, 15) is 4.79 Å². The number of hydrogen-bond acceptors (Lipinski definition) is 2. The van der Waals surface area contributed by atoms with E-state index >= 15 is 0 Å². The Kier molecular flexibility index (Phi) is 4.77. The molecule has 0 saturated heterocycles. The lowest BCUT2D eigenvalue weighted by Crippen LogP contribution is -2.42. The number of anilines is 1. The fourth-order valence-corrected chi connectivity index (χ4v) is 2.30. The fraction of sp³-hybridized carbons (Fsp3) is 0.278. The minimum Gasteiger partial charge on any atom is -0.478 e. The average Bonchev–Trinajstić information content (AvgIpc) is 2.40. The number of halogens is 1. The Morgan fingerprint density at radius 1 is 1.05 bits per heavy atom. The second-order valence-corrected chi connectivity index (χ2v) is 6.33. The highest BCUT2D eigenvalue weighted by Gasteiger charge is 2.30. The standard InChI is InChI=1S/C18H20ClNO2/c1-12-9-13(2)11-15(10-12)20-17(21)18(3,4)22-16-7-5-14(19)6-8-16/h5-11H,1-4H3,(H,20,21). The monoisotopic (exact) mass is 317 g/mol. The van der Waals surface area contributed by atoms with E-state index in [4.69, 9.17) is 16.3 Å². The van der Waals surface area contributed by atoms with Crippen LogP contribution < -0.4 is 10.1 Å². The molecule has 0 bridgehead atoms. The van der Waals surface area contributed by atoms with E-state index in [0.717, 1.165) is 16.8 Å². The third-order valence-electron chi connectivity index (χ3n) is 3.21. The number of hydrogen-bond donors (Lipinski definition) is 1. The first-order chi connectivity index (χ1) is 10.3. The van der Waals surface area contributed by atoms with Crippen molar-refractivity contribution in [3.8, 4) is 5.75 Å². The van der Waals surface area contributed by atoms with Crippen LogP contribution >= 0.6 is 11.6 Å². The average molecular weight is 318 g/mol. The number of benzene rings is 2. The minimum absolute atomic E-state index is 0.201. The van der Waals surface area contributed by atoms with Crippen molar-refractivity contribution in [3.05, 3.63) is 58.6 Å². The molecule has 0 aliphatic rings. The van der Waals surface area contributed by atoms with Crippen LogP contribution in [0.15, 0.2) is 42.5 Å². The third-order valence-corrected chi connectivity index (χ3v) is 3.46. The first kappa shape index (κ1) is 16.4. The smallest absolute Gasteiger partial charge is 0.267 e. The Morgan fingerprint density at radius 3 is 2.14 bits per heavy atom. The summed E-state index contributed by atoms with van der Waals surface area (Å²) >= 11 is 5.85. The predicted octanol–water partition coefficient (Wildman–Crippen LogP) is 4.75. The Labute approximate surface area is 136 Å². The summed E-state index contributed by atoms with van der Waals surface area (Å²) in [5.74, 6) is 0.400. The van der Waals surface area contributed by atoms with Gasteiger partial charge in [0.2, 0.25) is 0 Å². The van der Waals surface area contributed by atoms with Gasteiger partial charge in [0.25, 0.3) is 5.91 Å². The maximum atomic E-state index is 12.5. The molecule has 0 aliphatic carbocycles. The number of carbonyl (C=O) groups excluding carboxylic acids is 1. The minimum atomic E-state index is -0.995. The number of aryl methyl sites for hydroxylation is 2. The van der Waals surface area contributed by atoms with Crippen molar-refractivity contribution in [1.29, 1.82) is 0 Å². The summed E-state index contributed by atoms with van der Waals surface area (Å²) in [6.45, 7) is 7.47. The first-order valence-corrected chi connectivity index (χ1v) is 7.48. The summed E-state index contributed by atoms with van der Waals surface area (Å²) in [7, 11) is 0. The highest BCUT2D eigenvalue weighted by atomic mass is 35.5. The molecule has 0 radical (unpaired) electrons. The molecule has 116 valence electrons. The second-order valence-electron chi connectivity index (χ2n) is 5.90. The summed E-state index contributed by atoms with van der Waals surface area (Å²) in [5.41, 5.74) is 1.99. The zero-order chi connectivity index (χ0) is 16.3. The molecular formula is C18H20ClNO2. The lowest BCUT2D eigenvalue weighted by molar-refractivity contribution is -0.128. The van der Waals surface area contributed by atoms with E-state index in [1.165, 1.54) is 0 Å². The van der Waals surface area contributed by atoms with Crippen LogP contribution in [0.3, 0.4) is 0 Å². The highest BCUT2D eigenvalue weighted by Crippen LogP contribution is 2.22. The van der Waals surface area contributed by atoms with Gasteiger partial charge in [0.15, 0.2) is 5.60 Å². The van der Waals surface area contributed by atoms with Crippen molar-refractivity contribution in [2.45, 2.75) is 33.3 Å². The second kappa shape index (κ2) is 6.41. The number of rotatable bonds is 4. The molecule has 0 saturated carbocycles. The van der Waals surface area contributed by atoms with Gasteiger partial charge in [-0.05, 0) is 75.2 Å². The summed E-state index contributed by atoms with van der Waals surface area (Å²) in [6.07, 6.45) is 0.